The van der Waals surface area contributed by atoms with Crippen molar-refractivity contribution in [3.8, 4) is 5.75 Å². The van der Waals surface area contributed by atoms with Crippen molar-refractivity contribution in [2.45, 2.75) is 20.0 Å². The van der Waals surface area contributed by atoms with Crippen LogP contribution in [0.3, 0.4) is 0 Å². The van der Waals surface area contributed by atoms with Crippen molar-refractivity contribution in [3.63, 3.8) is 0 Å². The van der Waals surface area contributed by atoms with Crippen LogP contribution in [0.15, 0.2) is 42.5 Å². The second-order valence-corrected chi connectivity index (χ2v) is 6.00. The molecule has 0 aliphatic rings. The third-order valence-electron chi connectivity index (χ3n) is 3.46. The Balaban J connectivity index is 2.00. The first-order chi connectivity index (χ1) is 12.6. The van der Waals surface area contributed by atoms with Gasteiger partial charge in [-0.3, -0.25) is 9.59 Å². The van der Waals surface area contributed by atoms with Crippen molar-refractivity contribution in [1.29, 1.82) is 0 Å². The molecule has 0 saturated heterocycles. The molecule has 0 aliphatic carbocycles. The highest BCUT2D eigenvalue weighted by atomic mass is 19.4. The first-order valence-electron chi connectivity index (χ1n) is 8.09. The van der Waals surface area contributed by atoms with E-state index in [1.807, 2.05) is 19.9 Å². The number of benzene rings is 2. The molecule has 2 aromatic carbocycles. The van der Waals surface area contributed by atoms with Gasteiger partial charge in [0.2, 0.25) is 0 Å². The van der Waals surface area contributed by atoms with Crippen LogP contribution in [0, 0.1) is 13.8 Å². The summed E-state index contributed by atoms with van der Waals surface area (Å²) in [7, 11) is 0. The number of halogens is 3. The van der Waals surface area contributed by atoms with Gasteiger partial charge in [0, 0.05) is 0 Å². The zero-order valence-corrected chi connectivity index (χ0v) is 14.8. The zero-order chi connectivity index (χ0) is 20.0. The molecule has 8 heteroatoms. The number of alkyl halides is 3. The molecule has 0 bridgehead atoms. The molecule has 0 heterocycles. The highest BCUT2D eigenvalue weighted by Gasteiger charge is 2.28. The maximum absolute atomic E-state index is 12.3. The van der Waals surface area contributed by atoms with Crippen molar-refractivity contribution >= 4 is 17.5 Å². The Hall–Kier alpha value is -3.03. The molecule has 5 nitrogen and oxygen atoms in total. The Morgan fingerprint density at radius 3 is 2.30 bits per heavy atom. The number of para-hydroxylation sites is 1. The fraction of sp³-hybridized carbons (Fsp3) is 0.263. The van der Waals surface area contributed by atoms with Gasteiger partial charge in [-0.25, -0.2) is 0 Å². The van der Waals surface area contributed by atoms with Crippen LogP contribution in [0.5, 0.6) is 5.75 Å². The predicted molar refractivity (Wildman–Crippen MR) is 94.9 cm³/mol. The molecule has 2 amide bonds. The summed E-state index contributed by atoms with van der Waals surface area (Å²) in [6.07, 6.45) is -4.52. The van der Waals surface area contributed by atoms with Crippen LogP contribution >= 0.6 is 0 Å². The second kappa shape index (κ2) is 8.57. The number of rotatable bonds is 6. The molecule has 0 unspecified atom stereocenters. The van der Waals surface area contributed by atoms with Crippen molar-refractivity contribution in [3.05, 3.63) is 59.2 Å². The minimum atomic E-state index is -4.52. The van der Waals surface area contributed by atoms with Crippen LogP contribution in [-0.2, 0) is 4.79 Å². The summed E-state index contributed by atoms with van der Waals surface area (Å²) >= 11 is 0. The molecule has 0 atom stereocenters. The van der Waals surface area contributed by atoms with E-state index in [1.54, 1.807) is 23.5 Å². The number of hydrogen-bond donors (Lipinski definition) is 2. The summed E-state index contributed by atoms with van der Waals surface area (Å²) in [6, 6.07) is 11.3. The number of nitrogens with one attached hydrogen (secondary N) is 2. The zero-order valence-electron chi connectivity index (χ0n) is 14.8. The van der Waals surface area contributed by atoms with E-state index in [4.69, 9.17) is 4.74 Å². The molecule has 2 N–H and O–H groups in total. The third kappa shape index (κ3) is 6.65. The van der Waals surface area contributed by atoms with Crippen LogP contribution in [0.4, 0.5) is 18.9 Å². The molecule has 0 fully saturated rings. The van der Waals surface area contributed by atoms with Crippen LogP contribution in [-0.4, -0.2) is 31.1 Å². The number of carbonyl (C=O) groups excluding carboxylic acids is 2. The number of anilines is 1. The lowest BCUT2D eigenvalue weighted by molar-refractivity contribution is -0.123. The SMILES string of the molecule is Cc1cc(C)cc(OCC(=O)Nc2ccccc2C(=O)NCC(F)(F)F)c1. The molecule has 0 saturated carbocycles. The van der Waals surface area contributed by atoms with E-state index in [-0.39, 0.29) is 17.9 Å². The topological polar surface area (TPSA) is 67.4 Å². The number of ether oxygens (including phenoxy) is 1. The fourth-order valence-electron chi connectivity index (χ4n) is 2.42. The number of aryl methyl sites for hydroxylation is 2. The standard InChI is InChI=1S/C19H19F3N2O3/c1-12-7-13(2)9-14(8-12)27-10-17(25)24-16-6-4-3-5-15(16)18(26)23-11-19(20,21)22/h3-9H,10-11H2,1-2H3,(H,23,26)(H,24,25). The Labute approximate surface area is 154 Å². The predicted octanol–water partition coefficient (Wildman–Crippen LogP) is 3.61. The number of amides is 2. The van der Waals surface area contributed by atoms with Crippen LogP contribution in [0.1, 0.15) is 21.5 Å². The Kier molecular flexibility index (Phi) is 6.44. The Morgan fingerprint density at radius 2 is 1.67 bits per heavy atom. The van der Waals surface area contributed by atoms with Gasteiger partial charge in [-0.05, 0) is 49.2 Å². The molecule has 0 aromatic heterocycles. The molecular weight excluding hydrogens is 361 g/mol. The fourth-order valence-corrected chi connectivity index (χ4v) is 2.42. The van der Waals surface area contributed by atoms with E-state index in [2.05, 4.69) is 5.32 Å². The van der Waals surface area contributed by atoms with Gasteiger partial charge in [0.15, 0.2) is 6.61 Å². The van der Waals surface area contributed by atoms with Crippen LogP contribution in [0.25, 0.3) is 0 Å². The van der Waals surface area contributed by atoms with Crippen molar-refractivity contribution in [2.75, 3.05) is 18.5 Å². The highest BCUT2D eigenvalue weighted by Crippen LogP contribution is 2.18. The van der Waals surface area contributed by atoms with Gasteiger partial charge in [0.05, 0.1) is 11.3 Å². The number of carbonyl (C=O) groups is 2. The van der Waals surface area contributed by atoms with Gasteiger partial charge in [-0.15, -0.1) is 0 Å². The smallest absolute Gasteiger partial charge is 0.405 e. The van der Waals surface area contributed by atoms with Gasteiger partial charge < -0.3 is 15.4 Å². The summed E-state index contributed by atoms with van der Waals surface area (Å²) in [5.41, 5.74) is 2.00. The van der Waals surface area contributed by atoms with E-state index < -0.39 is 24.5 Å². The summed E-state index contributed by atoms with van der Waals surface area (Å²) in [5, 5.41) is 4.26. The molecule has 2 rings (SSSR count). The lowest BCUT2D eigenvalue weighted by atomic mass is 10.1. The summed E-state index contributed by atoms with van der Waals surface area (Å²) in [5.74, 6) is -0.942. The minimum absolute atomic E-state index is 0.0681. The maximum atomic E-state index is 12.3. The van der Waals surface area contributed by atoms with Crippen LogP contribution < -0.4 is 15.4 Å². The first-order valence-corrected chi connectivity index (χ1v) is 8.09. The van der Waals surface area contributed by atoms with Gasteiger partial charge in [-0.2, -0.15) is 13.2 Å². The van der Waals surface area contributed by atoms with E-state index in [1.165, 1.54) is 18.2 Å². The highest BCUT2D eigenvalue weighted by molar-refractivity contribution is 6.04. The number of hydrogen-bond acceptors (Lipinski definition) is 3. The largest absolute Gasteiger partial charge is 0.484 e. The molecule has 0 radical (unpaired) electrons. The van der Waals surface area contributed by atoms with E-state index in [9.17, 15) is 22.8 Å². The van der Waals surface area contributed by atoms with Crippen molar-refractivity contribution < 1.29 is 27.5 Å². The average molecular weight is 380 g/mol. The van der Waals surface area contributed by atoms with Crippen LogP contribution in [0.2, 0.25) is 0 Å². The first kappa shape index (κ1) is 20.3. The Morgan fingerprint density at radius 1 is 1.04 bits per heavy atom. The minimum Gasteiger partial charge on any atom is -0.484 e. The lowest BCUT2D eigenvalue weighted by Gasteiger charge is -2.13. The Bertz CT molecular complexity index is 815. The summed E-state index contributed by atoms with van der Waals surface area (Å²) in [6.45, 7) is 2.04. The molecule has 2 aromatic rings. The normalized spacial score (nSPS) is 11.0. The quantitative estimate of drug-likeness (QED) is 0.805. The van der Waals surface area contributed by atoms with Gasteiger partial charge in [0.1, 0.15) is 12.3 Å². The third-order valence-corrected chi connectivity index (χ3v) is 3.46. The molecular formula is C19H19F3N2O3. The monoisotopic (exact) mass is 380 g/mol. The van der Waals surface area contributed by atoms with Gasteiger partial charge >= 0.3 is 6.18 Å². The second-order valence-electron chi connectivity index (χ2n) is 6.00. The molecule has 0 aliphatic heterocycles. The van der Waals surface area contributed by atoms with Crippen molar-refractivity contribution in [1.82, 2.24) is 5.32 Å². The lowest BCUT2D eigenvalue weighted by Crippen LogP contribution is -2.34. The average Bonchev–Trinajstić information content (AvgIpc) is 2.57. The van der Waals surface area contributed by atoms with Gasteiger partial charge in [-0.1, -0.05) is 18.2 Å². The van der Waals surface area contributed by atoms with E-state index in [0.717, 1.165) is 11.1 Å². The summed E-state index contributed by atoms with van der Waals surface area (Å²) < 4.78 is 42.2. The van der Waals surface area contributed by atoms with E-state index in [0.29, 0.717) is 5.75 Å². The van der Waals surface area contributed by atoms with Gasteiger partial charge in [0.25, 0.3) is 11.8 Å². The van der Waals surface area contributed by atoms with Crippen molar-refractivity contribution in [2.24, 2.45) is 0 Å². The molecule has 144 valence electrons. The summed E-state index contributed by atoms with van der Waals surface area (Å²) in [4.78, 5) is 24.1. The van der Waals surface area contributed by atoms with E-state index >= 15 is 0 Å². The molecule has 27 heavy (non-hydrogen) atoms. The molecule has 0 spiro atoms. The maximum Gasteiger partial charge on any atom is 0.405 e.